The van der Waals surface area contributed by atoms with Gasteiger partial charge in [-0.05, 0) is 43.3 Å². The van der Waals surface area contributed by atoms with E-state index in [2.05, 4.69) is 25.9 Å². The lowest BCUT2D eigenvalue weighted by Crippen LogP contribution is -2.20. The third kappa shape index (κ3) is 3.50. The van der Waals surface area contributed by atoms with Crippen LogP contribution in [0.4, 0.5) is 25.0 Å². The van der Waals surface area contributed by atoms with Crippen LogP contribution in [0.1, 0.15) is 5.82 Å². The first-order valence-corrected chi connectivity index (χ1v) is 8.32. The summed E-state index contributed by atoms with van der Waals surface area (Å²) >= 11 is 0. The Labute approximate surface area is 158 Å². The van der Waals surface area contributed by atoms with Crippen LogP contribution < -0.4 is 10.6 Å². The zero-order valence-electron chi connectivity index (χ0n) is 14.6. The highest BCUT2D eigenvalue weighted by atomic mass is 19.1. The summed E-state index contributed by atoms with van der Waals surface area (Å²) in [4.78, 5) is 12.1. The van der Waals surface area contributed by atoms with Crippen LogP contribution in [0.25, 0.3) is 16.9 Å². The number of urea groups is 1. The Morgan fingerprint density at radius 2 is 1.86 bits per heavy atom. The molecule has 4 aromatic rings. The second-order valence-corrected chi connectivity index (χ2v) is 6.02. The van der Waals surface area contributed by atoms with Gasteiger partial charge in [-0.1, -0.05) is 12.1 Å². The fraction of sp³-hybridized carbons (Fsp3) is 0.0526. The number of nitrogens with zero attached hydrogens (tertiary/aromatic N) is 4. The van der Waals surface area contributed by atoms with Crippen molar-refractivity contribution in [3.05, 3.63) is 72.1 Å². The van der Waals surface area contributed by atoms with Gasteiger partial charge in [0.05, 0.1) is 11.4 Å². The van der Waals surface area contributed by atoms with Gasteiger partial charge in [0.1, 0.15) is 11.6 Å². The van der Waals surface area contributed by atoms with Gasteiger partial charge in [0.15, 0.2) is 11.5 Å². The maximum Gasteiger partial charge on any atom is 0.323 e. The fourth-order valence-corrected chi connectivity index (χ4v) is 2.68. The molecular formula is C19H14F2N6O. The van der Waals surface area contributed by atoms with E-state index in [0.29, 0.717) is 22.9 Å². The van der Waals surface area contributed by atoms with E-state index in [1.54, 1.807) is 41.8 Å². The first-order valence-electron chi connectivity index (χ1n) is 8.32. The molecule has 0 aliphatic heterocycles. The number of halogens is 2. The summed E-state index contributed by atoms with van der Waals surface area (Å²) < 4.78 is 28.5. The number of fused-ring (bicyclic) bond motifs is 1. The molecule has 4 rings (SSSR count). The number of rotatable bonds is 3. The molecule has 0 unspecified atom stereocenters. The number of aromatic nitrogens is 4. The van der Waals surface area contributed by atoms with E-state index in [9.17, 15) is 13.6 Å². The second-order valence-electron chi connectivity index (χ2n) is 6.02. The topological polar surface area (TPSA) is 84.2 Å². The van der Waals surface area contributed by atoms with E-state index >= 15 is 0 Å². The highest BCUT2D eigenvalue weighted by Crippen LogP contribution is 2.22. The van der Waals surface area contributed by atoms with Crippen LogP contribution >= 0.6 is 0 Å². The van der Waals surface area contributed by atoms with Gasteiger partial charge < -0.3 is 10.6 Å². The third-order valence-corrected chi connectivity index (χ3v) is 4.01. The highest BCUT2D eigenvalue weighted by molar-refractivity contribution is 6.00. The number of benzene rings is 2. The smallest absolute Gasteiger partial charge is 0.308 e. The van der Waals surface area contributed by atoms with Crippen LogP contribution in [-0.4, -0.2) is 25.8 Å². The summed E-state index contributed by atoms with van der Waals surface area (Å²) in [5.74, 6) is -0.723. The molecule has 0 bridgehead atoms. The number of hydrogen-bond donors (Lipinski definition) is 2. The van der Waals surface area contributed by atoms with Crippen molar-refractivity contribution in [2.75, 3.05) is 10.6 Å². The lowest BCUT2D eigenvalue weighted by molar-refractivity contribution is 0.262. The van der Waals surface area contributed by atoms with Gasteiger partial charge in [-0.3, -0.25) is 0 Å². The zero-order chi connectivity index (χ0) is 19.7. The monoisotopic (exact) mass is 380 g/mol. The zero-order valence-corrected chi connectivity index (χ0v) is 14.6. The van der Waals surface area contributed by atoms with Crippen molar-refractivity contribution in [2.24, 2.45) is 0 Å². The summed E-state index contributed by atoms with van der Waals surface area (Å²) in [6, 6.07) is 12.7. The molecular weight excluding hydrogens is 366 g/mol. The minimum Gasteiger partial charge on any atom is -0.308 e. The van der Waals surface area contributed by atoms with Crippen molar-refractivity contribution < 1.29 is 13.6 Å². The van der Waals surface area contributed by atoms with Crippen LogP contribution in [0.5, 0.6) is 0 Å². The number of carbonyl (C=O) groups excluding carboxylic acids is 1. The molecule has 0 spiro atoms. The van der Waals surface area contributed by atoms with Crippen molar-refractivity contribution in [2.45, 2.75) is 6.92 Å². The van der Waals surface area contributed by atoms with Crippen molar-refractivity contribution in [1.29, 1.82) is 0 Å². The molecule has 0 aliphatic carbocycles. The van der Waals surface area contributed by atoms with Gasteiger partial charge in [-0.25, -0.2) is 13.6 Å². The fourth-order valence-electron chi connectivity index (χ4n) is 2.68. The predicted octanol–water partition coefficient (Wildman–Crippen LogP) is 4.02. The van der Waals surface area contributed by atoms with Crippen LogP contribution in [-0.2, 0) is 0 Å². The quantitative estimate of drug-likeness (QED) is 0.562. The molecule has 0 saturated heterocycles. The molecule has 2 aromatic heterocycles. The number of anilines is 2. The molecule has 2 heterocycles. The van der Waals surface area contributed by atoms with E-state index in [0.717, 1.165) is 23.8 Å². The molecule has 0 fully saturated rings. The van der Waals surface area contributed by atoms with Crippen LogP contribution in [0.3, 0.4) is 0 Å². The van der Waals surface area contributed by atoms with E-state index in [1.165, 1.54) is 0 Å². The van der Waals surface area contributed by atoms with Gasteiger partial charge in [0.2, 0.25) is 0 Å². The van der Waals surface area contributed by atoms with E-state index in [4.69, 9.17) is 0 Å². The maximum absolute atomic E-state index is 13.7. The number of hydrogen-bond acceptors (Lipinski definition) is 4. The molecule has 0 saturated carbocycles. The Morgan fingerprint density at radius 3 is 2.71 bits per heavy atom. The Hall–Kier alpha value is -3.88. The van der Waals surface area contributed by atoms with E-state index < -0.39 is 17.7 Å². The van der Waals surface area contributed by atoms with E-state index in [1.807, 2.05) is 6.07 Å². The summed E-state index contributed by atoms with van der Waals surface area (Å²) in [6.07, 6.45) is 0. The van der Waals surface area contributed by atoms with Gasteiger partial charge in [0.25, 0.3) is 0 Å². The Bertz CT molecular complexity index is 1190. The number of aryl methyl sites for hydroxylation is 1. The molecule has 28 heavy (non-hydrogen) atoms. The minimum absolute atomic E-state index is 0.246. The first-order chi connectivity index (χ1) is 13.5. The van der Waals surface area contributed by atoms with Crippen molar-refractivity contribution in [1.82, 2.24) is 19.8 Å². The molecule has 7 nitrogen and oxygen atoms in total. The maximum atomic E-state index is 13.7. The van der Waals surface area contributed by atoms with Crippen molar-refractivity contribution >= 4 is 23.1 Å². The standard InChI is InChI=1S/C19H14F2N6O/c1-11-24-25-18-8-7-16(26-27(11)18)12-3-2-4-14(9-12)22-19(28)23-17-10-13(20)5-6-15(17)21/h2-10H,1H3,(H2,22,23,28). The first kappa shape index (κ1) is 17.5. The average Bonchev–Trinajstić information content (AvgIpc) is 3.05. The van der Waals surface area contributed by atoms with E-state index in [-0.39, 0.29) is 5.69 Å². The molecule has 9 heteroatoms. The Kier molecular flexibility index (Phi) is 4.40. The Morgan fingerprint density at radius 1 is 1.00 bits per heavy atom. The van der Waals surface area contributed by atoms with Crippen LogP contribution in [0.2, 0.25) is 0 Å². The molecule has 2 N–H and O–H groups in total. The van der Waals surface area contributed by atoms with Crippen LogP contribution in [0, 0.1) is 18.6 Å². The SMILES string of the molecule is Cc1nnc2ccc(-c3cccc(NC(=O)Nc4cc(F)ccc4F)c3)nn12. The van der Waals surface area contributed by atoms with Gasteiger partial charge in [0, 0.05) is 17.3 Å². The predicted molar refractivity (Wildman–Crippen MR) is 100.0 cm³/mol. The number of carbonyl (C=O) groups is 1. The summed E-state index contributed by atoms with van der Waals surface area (Å²) in [7, 11) is 0. The molecule has 0 atom stereocenters. The number of nitrogens with one attached hydrogen (secondary N) is 2. The molecule has 140 valence electrons. The summed E-state index contributed by atoms with van der Waals surface area (Å²) in [6.45, 7) is 1.80. The molecule has 2 amide bonds. The van der Waals surface area contributed by atoms with Gasteiger partial charge in [-0.15, -0.1) is 10.2 Å². The Balaban J connectivity index is 1.55. The third-order valence-electron chi connectivity index (χ3n) is 4.01. The number of amides is 2. The lowest BCUT2D eigenvalue weighted by atomic mass is 10.1. The molecule has 2 aromatic carbocycles. The van der Waals surface area contributed by atoms with Crippen molar-refractivity contribution in [3.63, 3.8) is 0 Å². The van der Waals surface area contributed by atoms with Gasteiger partial charge in [-0.2, -0.15) is 9.61 Å². The average molecular weight is 380 g/mol. The lowest BCUT2D eigenvalue weighted by Gasteiger charge is -2.10. The highest BCUT2D eigenvalue weighted by Gasteiger charge is 2.10. The van der Waals surface area contributed by atoms with Crippen LogP contribution in [0.15, 0.2) is 54.6 Å². The molecule has 0 radical (unpaired) electrons. The normalized spacial score (nSPS) is 10.8. The minimum atomic E-state index is -0.730. The summed E-state index contributed by atoms with van der Waals surface area (Å²) in [5.41, 5.74) is 2.27. The second kappa shape index (κ2) is 7.03. The van der Waals surface area contributed by atoms with Crippen molar-refractivity contribution in [3.8, 4) is 11.3 Å². The van der Waals surface area contributed by atoms with Gasteiger partial charge >= 0.3 is 6.03 Å². The largest absolute Gasteiger partial charge is 0.323 e. The molecule has 0 aliphatic rings. The summed E-state index contributed by atoms with van der Waals surface area (Å²) in [5, 5.41) is 17.3.